The van der Waals surface area contributed by atoms with Crippen LogP contribution in [0.15, 0.2) is 0 Å². The Kier molecular flexibility index (Phi) is 6.06. The van der Waals surface area contributed by atoms with E-state index in [2.05, 4.69) is 32.6 Å². The van der Waals surface area contributed by atoms with Crippen LogP contribution in [0, 0.1) is 17.3 Å². The van der Waals surface area contributed by atoms with Gasteiger partial charge in [0.15, 0.2) is 0 Å². The van der Waals surface area contributed by atoms with Gasteiger partial charge in [0, 0.05) is 5.41 Å². The number of hydrogen-bond donors (Lipinski definition) is 1. The van der Waals surface area contributed by atoms with Gasteiger partial charge in [-0.3, -0.25) is 0 Å². The number of hydrogen-bond acceptors (Lipinski definition) is 2. The van der Waals surface area contributed by atoms with Crippen LogP contribution in [-0.4, -0.2) is 29.5 Å². The molecule has 3 heteroatoms. The van der Waals surface area contributed by atoms with Crippen molar-refractivity contribution in [2.45, 2.75) is 53.4 Å². The quantitative estimate of drug-likeness (QED) is 0.776. The first kappa shape index (κ1) is 15.9. The highest BCUT2D eigenvalue weighted by atomic mass is 32.1. The molecule has 1 saturated heterocycles. The third kappa shape index (κ3) is 4.85. The average molecular weight is 270 g/mol. The van der Waals surface area contributed by atoms with Crippen molar-refractivity contribution in [1.82, 2.24) is 4.90 Å². The monoisotopic (exact) mass is 270 g/mol. The highest BCUT2D eigenvalue weighted by Crippen LogP contribution is 2.26. The number of likely N-dealkylation sites (tertiary alicyclic amines) is 1. The van der Waals surface area contributed by atoms with Crippen LogP contribution in [0.5, 0.6) is 0 Å². The maximum Gasteiger partial charge on any atom is 0.0784 e. The zero-order valence-electron chi connectivity index (χ0n) is 12.5. The van der Waals surface area contributed by atoms with Crippen LogP contribution in [0.1, 0.15) is 53.4 Å². The van der Waals surface area contributed by atoms with Gasteiger partial charge in [-0.25, -0.2) is 0 Å². The second-order valence-electron chi connectivity index (χ2n) is 6.77. The van der Waals surface area contributed by atoms with E-state index in [4.69, 9.17) is 18.0 Å². The molecule has 1 fully saturated rings. The first-order valence-corrected chi connectivity index (χ1v) is 7.76. The SMILES string of the molecule is CC(C)C1CCCN(CCC(C)(C)C(N)=S)CC1. The van der Waals surface area contributed by atoms with Crippen molar-refractivity contribution in [2.75, 3.05) is 19.6 Å². The molecule has 0 aromatic carbocycles. The lowest BCUT2D eigenvalue weighted by atomic mass is 9.89. The Morgan fingerprint density at radius 1 is 1.33 bits per heavy atom. The molecule has 1 aliphatic rings. The zero-order valence-corrected chi connectivity index (χ0v) is 13.4. The van der Waals surface area contributed by atoms with Crippen LogP contribution < -0.4 is 5.73 Å². The molecule has 0 aliphatic carbocycles. The van der Waals surface area contributed by atoms with Crippen LogP contribution in [0.3, 0.4) is 0 Å². The van der Waals surface area contributed by atoms with E-state index in [1.54, 1.807) is 0 Å². The molecule has 0 radical (unpaired) electrons. The summed E-state index contributed by atoms with van der Waals surface area (Å²) in [5, 5.41) is 0. The molecule has 1 heterocycles. The largest absolute Gasteiger partial charge is 0.393 e. The van der Waals surface area contributed by atoms with Crippen LogP contribution >= 0.6 is 12.2 Å². The molecule has 1 rings (SSSR count). The normalized spacial score (nSPS) is 23.1. The molecule has 18 heavy (non-hydrogen) atoms. The fourth-order valence-corrected chi connectivity index (χ4v) is 2.73. The Labute approximate surface area is 118 Å². The Hall–Kier alpha value is -0.150. The molecule has 0 spiro atoms. The molecule has 1 unspecified atom stereocenters. The standard InChI is InChI=1S/C15H30N2S/c1-12(2)13-6-5-9-17(10-7-13)11-8-15(3,4)14(16)18/h12-13H,5-11H2,1-4H3,(H2,16,18). The summed E-state index contributed by atoms with van der Waals surface area (Å²) >= 11 is 5.14. The number of rotatable bonds is 5. The highest BCUT2D eigenvalue weighted by molar-refractivity contribution is 7.80. The topological polar surface area (TPSA) is 29.3 Å². The minimum Gasteiger partial charge on any atom is -0.393 e. The van der Waals surface area contributed by atoms with Gasteiger partial charge >= 0.3 is 0 Å². The molecule has 0 aromatic rings. The molecular formula is C15H30N2S. The van der Waals surface area contributed by atoms with Gasteiger partial charge in [-0.05, 0) is 57.2 Å². The minimum absolute atomic E-state index is 0.000906. The minimum atomic E-state index is -0.000906. The average Bonchev–Trinajstić information content (AvgIpc) is 2.51. The summed E-state index contributed by atoms with van der Waals surface area (Å²) in [4.78, 5) is 3.25. The fourth-order valence-electron chi connectivity index (χ4n) is 2.63. The molecule has 0 bridgehead atoms. The van der Waals surface area contributed by atoms with Gasteiger partial charge < -0.3 is 10.6 Å². The maximum absolute atomic E-state index is 5.79. The molecule has 0 saturated carbocycles. The van der Waals surface area contributed by atoms with Gasteiger partial charge in [0.25, 0.3) is 0 Å². The van der Waals surface area contributed by atoms with Gasteiger partial charge in [0.1, 0.15) is 0 Å². The van der Waals surface area contributed by atoms with E-state index in [-0.39, 0.29) is 5.41 Å². The summed E-state index contributed by atoms with van der Waals surface area (Å²) in [5.41, 5.74) is 5.79. The summed E-state index contributed by atoms with van der Waals surface area (Å²) in [7, 11) is 0. The Bertz CT molecular complexity index is 274. The Balaban J connectivity index is 2.38. The molecule has 2 nitrogen and oxygen atoms in total. The summed E-state index contributed by atoms with van der Waals surface area (Å²) in [6.07, 6.45) is 5.17. The molecule has 1 aliphatic heterocycles. The van der Waals surface area contributed by atoms with Crippen molar-refractivity contribution in [3.63, 3.8) is 0 Å². The number of thiocarbonyl (C=S) groups is 1. The van der Waals surface area contributed by atoms with Crippen molar-refractivity contribution in [3.05, 3.63) is 0 Å². The van der Waals surface area contributed by atoms with Gasteiger partial charge in [0.05, 0.1) is 4.99 Å². The van der Waals surface area contributed by atoms with E-state index in [0.717, 1.165) is 24.8 Å². The lowest BCUT2D eigenvalue weighted by molar-refractivity contribution is 0.246. The first-order valence-electron chi connectivity index (χ1n) is 7.35. The molecule has 1 atom stereocenters. The van der Waals surface area contributed by atoms with Crippen molar-refractivity contribution < 1.29 is 0 Å². The van der Waals surface area contributed by atoms with Gasteiger partial charge in [-0.1, -0.05) is 39.9 Å². The van der Waals surface area contributed by atoms with Crippen molar-refractivity contribution in [1.29, 1.82) is 0 Å². The van der Waals surface area contributed by atoms with Crippen LogP contribution in [0.2, 0.25) is 0 Å². The Morgan fingerprint density at radius 3 is 2.56 bits per heavy atom. The van der Waals surface area contributed by atoms with Crippen molar-refractivity contribution in [3.8, 4) is 0 Å². The van der Waals surface area contributed by atoms with E-state index in [9.17, 15) is 0 Å². The van der Waals surface area contributed by atoms with Gasteiger partial charge in [-0.2, -0.15) is 0 Å². The number of nitrogens with zero attached hydrogens (tertiary/aromatic N) is 1. The van der Waals surface area contributed by atoms with Crippen LogP contribution in [-0.2, 0) is 0 Å². The van der Waals surface area contributed by atoms with Gasteiger partial charge in [-0.15, -0.1) is 0 Å². The summed E-state index contributed by atoms with van der Waals surface area (Å²) in [6.45, 7) is 12.7. The summed E-state index contributed by atoms with van der Waals surface area (Å²) in [5.74, 6) is 1.75. The molecule has 106 valence electrons. The smallest absolute Gasteiger partial charge is 0.0784 e. The predicted octanol–water partition coefficient (Wildman–Crippen LogP) is 3.45. The van der Waals surface area contributed by atoms with E-state index < -0.39 is 0 Å². The zero-order chi connectivity index (χ0) is 13.8. The van der Waals surface area contributed by atoms with Crippen LogP contribution in [0.25, 0.3) is 0 Å². The maximum atomic E-state index is 5.79. The third-order valence-electron chi connectivity index (χ3n) is 4.53. The third-order valence-corrected chi connectivity index (χ3v) is 5.08. The Morgan fingerprint density at radius 2 is 2.00 bits per heavy atom. The van der Waals surface area contributed by atoms with E-state index >= 15 is 0 Å². The lowest BCUT2D eigenvalue weighted by Gasteiger charge is -2.28. The highest BCUT2D eigenvalue weighted by Gasteiger charge is 2.24. The lowest BCUT2D eigenvalue weighted by Crippen LogP contribution is -2.35. The van der Waals surface area contributed by atoms with Gasteiger partial charge in [0.2, 0.25) is 0 Å². The molecule has 0 aromatic heterocycles. The second kappa shape index (κ2) is 6.85. The number of nitrogens with two attached hydrogens (primary N) is 1. The van der Waals surface area contributed by atoms with E-state index in [1.165, 1.54) is 32.4 Å². The van der Waals surface area contributed by atoms with Crippen molar-refractivity contribution >= 4 is 17.2 Å². The molecule has 2 N–H and O–H groups in total. The summed E-state index contributed by atoms with van der Waals surface area (Å²) in [6, 6.07) is 0. The fraction of sp³-hybridized carbons (Fsp3) is 0.933. The van der Waals surface area contributed by atoms with E-state index in [1.807, 2.05) is 0 Å². The second-order valence-corrected chi connectivity index (χ2v) is 7.21. The first-order chi connectivity index (χ1) is 8.33. The molecule has 0 amide bonds. The van der Waals surface area contributed by atoms with E-state index in [0.29, 0.717) is 4.99 Å². The van der Waals surface area contributed by atoms with Crippen molar-refractivity contribution in [2.24, 2.45) is 23.0 Å². The predicted molar refractivity (Wildman–Crippen MR) is 83.8 cm³/mol. The van der Waals surface area contributed by atoms with Crippen LogP contribution in [0.4, 0.5) is 0 Å². The molecular weight excluding hydrogens is 240 g/mol. The summed E-state index contributed by atoms with van der Waals surface area (Å²) < 4.78 is 0.